The van der Waals surface area contributed by atoms with Crippen LogP contribution >= 0.6 is 11.3 Å². The molecule has 3 nitrogen and oxygen atoms in total. The van der Waals surface area contributed by atoms with Gasteiger partial charge in [-0.05, 0) is 44.1 Å². The van der Waals surface area contributed by atoms with E-state index in [2.05, 4.69) is 71.6 Å². The largest absolute Gasteiger partial charge is 0.350 e. The minimum Gasteiger partial charge on any atom is -0.350 e. The quantitative estimate of drug-likeness (QED) is 0.805. The summed E-state index contributed by atoms with van der Waals surface area (Å²) >= 11 is 1.83. The summed E-state index contributed by atoms with van der Waals surface area (Å²) in [4.78, 5) is 3.70. The maximum Gasteiger partial charge on any atom is 0.0561 e. The zero-order valence-electron chi connectivity index (χ0n) is 12.7. The number of nitrogens with zero attached hydrogens (tertiary/aromatic N) is 2. The van der Waals surface area contributed by atoms with Crippen molar-refractivity contribution in [3.63, 3.8) is 0 Å². The molecule has 2 aromatic rings. The first-order valence-electron chi connectivity index (χ1n) is 7.27. The van der Waals surface area contributed by atoms with Gasteiger partial charge >= 0.3 is 0 Å². The Labute approximate surface area is 126 Å². The van der Waals surface area contributed by atoms with Gasteiger partial charge in [-0.2, -0.15) is 0 Å². The number of thiophene rings is 1. The molecule has 1 N–H and O–H groups in total. The van der Waals surface area contributed by atoms with Crippen LogP contribution in [0.4, 0.5) is 0 Å². The second-order valence-corrected chi connectivity index (χ2v) is 6.30. The molecular weight excluding hydrogens is 266 g/mol. The summed E-state index contributed by atoms with van der Waals surface area (Å²) in [6.45, 7) is 5.23. The molecule has 0 saturated heterocycles. The number of aromatic nitrogens is 1. The Morgan fingerprint density at radius 2 is 2.15 bits per heavy atom. The molecule has 0 aromatic carbocycles. The lowest BCUT2D eigenvalue weighted by atomic mass is 10.2. The molecule has 0 radical (unpaired) electrons. The maximum absolute atomic E-state index is 3.60. The van der Waals surface area contributed by atoms with E-state index >= 15 is 0 Å². The lowest BCUT2D eigenvalue weighted by molar-refractivity contribution is 0.291. The number of hydrogen-bond donors (Lipinski definition) is 1. The maximum atomic E-state index is 3.60. The molecular formula is C16H25N3S. The molecule has 2 heterocycles. The highest BCUT2D eigenvalue weighted by molar-refractivity contribution is 7.10. The van der Waals surface area contributed by atoms with Gasteiger partial charge in [-0.15, -0.1) is 11.3 Å². The molecule has 2 aromatic heterocycles. The van der Waals surface area contributed by atoms with Crippen LogP contribution in [-0.2, 0) is 13.1 Å². The molecule has 0 fully saturated rings. The number of rotatable bonds is 8. The predicted molar refractivity (Wildman–Crippen MR) is 87.2 cm³/mol. The summed E-state index contributed by atoms with van der Waals surface area (Å²) in [5.41, 5.74) is 1.37. The lowest BCUT2D eigenvalue weighted by Gasteiger charge is -2.23. The first-order chi connectivity index (χ1) is 9.72. The first-order valence-corrected chi connectivity index (χ1v) is 8.15. The summed E-state index contributed by atoms with van der Waals surface area (Å²) in [7, 11) is 4.29. The van der Waals surface area contributed by atoms with Crippen LogP contribution in [0.25, 0.3) is 0 Å². The van der Waals surface area contributed by atoms with Crippen LogP contribution in [-0.4, -0.2) is 30.1 Å². The van der Waals surface area contributed by atoms with Gasteiger partial charge in [0, 0.05) is 36.4 Å². The van der Waals surface area contributed by atoms with E-state index in [0.717, 1.165) is 19.6 Å². The average Bonchev–Trinajstić information content (AvgIpc) is 3.06. The highest BCUT2D eigenvalue weighted by Crippen LogP contribution is 2.22. The van der Waals surface area contributed by atoms with Gasteiger partial charge in [0.25, 0.3) is 0 Å². The molecule has 1 unspecified atom stereocenters. The van der Waals surface area contributed by atoms with Crippen molar-refractivity contribution in [1.82, 2.24) is 14.8 Å². The summed E-state index contributed by atoms with van der Waals surface area (Å²) < 4.78 is 2.34. The normalized spacial score (nSPS) is 13.0. The summed E-state index contributed by atoms with van der Waals surface area (Å²) in [6.07, 6.45) is 3.35. The third kappa shape index (κ3) is 3.95. The van der Waals surface area contributed by atoms with Gasteiger partial charge < -0.3 is 14.8 Å². The number of nitrogens with one attached hydrogen (secondary N) is 1. The smallest absolute Gasteiger partial charge is 0.0561 e. The van der Waals surface area contributed by atoms with Gasteiger partial charge in [0.15, 0.2) is 0 Å². The Hall–Kier alpha value is -1.10. The predicted octanol–water partition coefficient (Wildman–Crippen LogP) is 3.35. The zero-order valence-corrected chi connectivity index (χ0v) is 13.5. The number of likely N-dealkylation sites (N-methyl/N-ethyl adjacent to an activating group) is 1. The van der Waals surface area contributed by atoms with E-state index < -0.39 is 0 Å². The molecule has 0 saturated carbocycles. The van der Waals surface area contributed by atoms with Crippen molar-refractivity contribution < 1.29 is 0 Å². The average molecular weight is 291 g/mol. The fraction of sp³-hybridized carbons (Fsp3) is 0.500. The van der Waals surface area contributed by atoms with Crippen LogP contribution in [0.2, 0.25) is 0 Å². The standard InChI is InChI=1S/C16H25N3S/c1-4-9-19-10-5-7-14(19)12-17-13-15(18(2)3)16-8-6-11-20-16/h5-8,10-11,15,17H,4,9,12-13H2,1-3H3. The van der Waals surface area contributed by atoms with Gasteiger partial charge in [0.2, 0.25) is 0 Å². The molecule has 1 atom stereocenters. The lowest BCUT2D eigenvalue weighted by Crippen LogP contribution is -2.30. The summed E-state index contributed by atoms with van der Waals surface area (Å²) in [5, 5.41) is 5.75. The van der Waals surface area contributed by atoms with Crippen LogP contribution in [0.15, 0.2) is 35.8 Å². The van der Waals surface area contributed by atoms with E-state index in [-0.39, 0.29) is 0 Å². The van der Waals surface area contributed by atoms with Crippen molar-refractivity contribution in [3.8, 4) is 0 Å². The van der Waals surface area contributed by atoms with E-state index in [9.17, 15) is 0 Å². The SMILES string of the molecule is CCCn1cccc1CNCC(c1cccs1)N(C)C. The molecule has 0 aliphatic heterocycles. The van der Waals surface area contributed by atoms with E-state index in [4.69, 9.17) is 0 Å². The molecule has 0 aliphatic rings. The Bertz CT molecular complexity index is 488. The Balaban J connectivity index is 1.89. The zero-order chi connectivity index (χ0) is 14.4. The van der Waals surface area contributed by atoms with Crippen LogP contribution in [0, 0.1) is 0 Å². The molecule has 0 amide bonds. The molecule has 0 aliphatic carbocycles. The monoisotopic (exact) mass is 291 g/mol. The van der Waals surface area contributed by atoms with Gasteiger partial charge in [0.1, 0.15) is 0 Å². The first kappa shape index (κ1) is 15.3. The second kappa shape index (κ2) is 7.62. The number of aryl methyl sites for hydroxylation is 1. The van der Waals surface area contributed by atoms with Crippen molar-refractivity contribution in [2.24, 2.45) is 0 Å². The highest BCUT2D eigenvalue weighted by atomic mass is 32.1. The van der Waals surface area contributed by atoms with E-state index in [1.54, 1.807) is 0 Å². The molecule has 0 spiro atoms. The molecule has 0 bridgehead atoms. The molecule has 20 heavy (non-hydrogen) atoms. The summed E-state index contributed by atoms with van der Waals surface area (Å²) in [6, 6.07) is 9.14. The number of hydrogen-bond acceptors (Lipinski definition) is 3. The highest BCUT2D eigenvalue weighted by Gasteiger charge is 2.14. The van der Waals surface area contributed by atoms with Gasteiger partial charge in [-0.25, -0.2) is 0 Å². The van der Waals surface area contributed by atoms with Crippen molar-refractivity contribution in [1.29, 1.82) is 0 Å². The van der Waals surface area contributed by atoms with Crippen LogP contribution in [0.3, 0.4) is 0 Å². The third-order valence-electron chi connectivity index (χ3n) is 3.53. The molecule has 2 rings (SSSR count). The minimum absolute atomic E-state index is 0.449. The van der Waals surface area contributed by atoms with Crippen molar-refractivity contribution in [2.45, 2.75) is 32.5 Å². The Morgan fingerprint density at radius 1 is 1.30 bits per heavy atom. The van der Waals surface area contributed by atoms with Crippen molar-refractivity contribution in [3.05, 3.63) is 46.4 Å². The van der Waals surface area contributed by atoms with Gasteiger partial charge in [-0.3, -0.25) is 0 Å². The molecule has 4 heteroatoms. The van der Waals surface area contributed by atoms with E-state index in [0.29, 0.717) is 6.04 Å². The fourth-order valence-electron chi connectivity index (χ4n) is 2.42. The van der Waals surface area contributed by atoms with Crippen LogP contribution < -0.4 is 5.32 Å². The van der Waals surface area contributed by atoms with Gasteiger partial charge in [0.05, 0.1) is 6.04 Å². The Kier molecular flexibility index (Phi) is 5.83. The minimum atomic E-state index is 0.449. The summed E-state index contributed by atoms with van der Waals surface area (Å²) in [5.74, 6) is 0. The topological polar surface area (TPSA) is 20.2 Å². The van der Waals surface area contributed by atoms with E-state index in [1.165, 1.54) is 17.0 Å². The molecule has 110 valence electrons. The van der Waals surface area contributed by atoms with Crippen LogP contribution in [0.1, 0.15) is 30.0 Å². The van der Waals surface area contributed by atoms with Gasteiger partial charge in [-0.1, -0.05) is 13.0 Å². The van der Waals surface area contributed by atoms with E-state index in [1.807, 2.05) is 11.3 Å². The Morgan fingerprint density at radius 3 is 2.80 bits per heavy atom. The third-order valence-corrected chi connectivity index (χ3v) is 4.50. The second-order valence-electron chi connectivity index (χ2n) is 5.32. The fourth-order valence-corrected chi connectivity index (χ4v) is 3.35. The van der Waals surface area contributed by atoms with Crippen molar-refractivity contribution >= 4 is 11.3 Å². The van der Waals surface area contributed by atoms with Crippen LogP contribution in [0.5, 0.6) is 0 Å². The van der Waals surface area contributed by atoms with Crippen molar-refractivity contribution in [2.75, 3.05) is 20.6 Å².